The number of rotatable bonds is 6. The first-order valence-corrected chi connectivity index (χ1v) is 14.4. The van der Waals surface area contributed by atoms with Crippen molar-refractivity contribution in [1.82, 2.24) is 8.96 Å². The van der Waals surface area contributed by atoms with Crippen molar-refractivity contribution in [3.63, 3.8) is 0 Å². The fraction of sp³-hybridized carbons (Fsp3) is 0.286. The molecule has 0 aliphatic heterocycles. The number of ether oxygens (including phenoxy) is 1. The molecular formula is C28H25Cl2FN2O5S. The number of carbonyl (C=O) groups is 1. The Kier molecular flexibility index (Phi) is 6.99. The van der Waals surface area contributed by atoms with Crippen LogP contribution in [0.5, 0.6) is 0 Å². The molecule has 1 unspecified atom stereocenters. The van der Waals surface area contributed by atoms with Crippen molar-refractivity contribution in [2.24, 2.45) is 0 Å². The van der Waals surface area contributed by atoms with E-state index in [0.29, 0.717) is 5.56 Å². The zero-order valence-electron chi connectivity index (χ0n) is 21.3. The van der Waals surface area contributed by atoms with E-state index in [1.165, 1.54) is 24.3 Å². The molecule has 1 N–H and O–H groups in total. The number of aromatic nitrogens is 2. The van der Waals surface area contributed by atoms with E-state index < -0.39 is 33.5 Å². The predicted molar refractivity (Wildman–Crippen MR) is 146 cm³/mol. The Labute approximate surface area is 235 Å². The van der Waals surface area contributed by atoms with Crippen LogP contribution in [0.3, 0.4) is 0 Å². The number of hydrogen-bond donors (Lipinski definition) is 1. The SMILES string of the molecule is CC(C)(C)OC(=O)c1cnc(Cl)c(C(O)c2cc3c(F)cc(C4CC4)cc3n2S(=O)(=O)c2ccccc2)c1Cl. The highest BCUT2D eigenvalue weighted by atomic mass is 35.5. The third kappa shape index (κ3) is 5.16. The van der Waals surface area contributed by atoms with Gasteiger partial charge in [-0.25, -0.2) is 26.6 Å². The number of hydrogen-bond acceptors (Lipinski definition) is 6. The topological polar surface area (TPSA) is 98.5 Å². The van der Waals surface area contributed by atoms with Crippen LogP contribution in [0.25, 0.3) is 10.9 Å². The third-order valence-corrected chi connectivity index (χ3v) is 8.84. The van der Waals surface area contributed by atoms with E-state index in [2.05, 4.69) is 4.98 Å². The number of halogens is 3. The van der Waals surface area contributed by atoms with Gasteiger partial charge in [0.1, 0.15) is 22.7 Å². The summed E-state index contributed by atoms with van der Waals surface area (Å²) in [7, 11) is -4.33. The largest absolute Gasteiger partial charge is 0.456 e. The molecule has 1 atom stereocenters. The average Bonchev–Trinajstić information content (AvgIpc) is 3.63. The summed E-state index contributed by atoms with van der Waals surface area (Å²) < 4.78 is 49.5. The Morgan fingerprint density at radius 3 is 2.44 bits per heavy atom. The number of nitrogens with zero attached hydrogens (tertiary/aromatic N) is 2. The van der Waals surface area contributed by atoms with Gasteiger partial charge in [-0.1, -0.05) is 41.4 Å². The molecule has 1 aliphatic carbocycles. The second-order valence-electron chi connectivity index (χ2n) is 10.5. The van der Waals surface area contributed by atoms with E-state index in [1.54, 1.807) is 45.0 Å². The standard InChI is InChI=1S/C28H25Cl2FN2O5S/c1-28(2,3)38-27(35)19-14-32-26(30)23(24(19)29)25(34)22-13-18-20(31)11-16(15-9-10-15)12-21(18)33(22)39(36,37)17-7-5-4-6-8-17/h4-8,11-15,25,34H,9-10H2,1-3H3. The summed E-state index contributed by atoms with van der Waals surface area (Å²) in [5, 5.41) is 11.1. The van der Waals surface area contributed by atoms with Crippen molar-refractivity contribution >= 4 is 50.1 Å². The summed E-state index contributed by atoms with van der Waals surface area (Å²) >= 11 is 12.9. The molecule has 11 heteroatoms. The van der Waals surface area contributed by atoms with E-state index in [-0.39, 0.29) is 48.7 Å². The highest BCUT2D eigenvalue weighted by molar-refractivity contribution is 7.90. The van der Waals surface area contributed by atoms with Crippen LogP contribution in [0.4, 0.5) is 4.39 Å². The van der Waals surface area contributed by atoms with Gasteiger partial charge in [-0.3, -0.25) is 0 Å². The molecule has 2 aromatic heterocycles. The minimum Gasteiger partial charge on any atom is -0.456 e. The Hall–Kier alpha value is -2.98. The van der Waals surface area contributed by atoms with Gasteiger partial charge in [0, 0.05) is 17.1 Å². The van der Waals surface area contributed by atoms with E-state index in [0.717, 1.165) is 23.0 Å². The Balaban J connectivity index is 1.75. The van der Waals surface area contributed by atoms with Crippen molar-refractivity contribution in [2.75, 3.05) is 0 Å². The molecular weight excluding hydrogens is 566 g/mol. The maximum Gasteiger partial charge on any atom is 0.341 e. The summed E-state index contributed by atoms with van der Waals surface area (Å²) in [4.78, 5) is 16.7. The second-order valence-corrected chi connectivity index (χ2v) is 13.0. The fourth-order valence-corrected chi connectivity index (χ4v) is 6.59. The van der Waals surface area contributed by atoms with Crippen LogP contribution in [-0.4, -0.2) is 34.1 Å². The lowest BCUT2D eigenvalue weighted by Crippen LogP contribution is -2.24. The first-order chi connectivity index (χ1) is 18.3. The number of fused-ring (bicyclic) bond motifs is 1. The Bertz CT molecular complexity index is 1710. The van der Waals surface area contributed by atoms with E-state index in [1.807, 2.05) is 0 Å². The predicted octanol–water partition coefficient (Wildman–Crippen LogP) is 6.63. The average molecular weight is 591 g/mol. The number of aliphatic hydroxyl groups is 1. The quantitative estimate of drug-likeness (QED) is 0.200. The molecule has 0 bridgehead atoms. The van der Waals surface area contributed by atoms with Gasteiger partial charge in [0.25, 0.3) is 10.0 Å². The number of carbonyl (C=O) groups excluding carboxylic acids is 1. The Morgan fingerprint density at radius 1 is 1.15 bits per heavy atom. The van der Waals surface area contributed by atoms with Gasteiger partial charge in [-0.15, -0.1) is 0 Å². The minimum absolute atomic E-state index is 0.00328. The molecule has 0 saturated heterocycles. The van der Waals surface area contributed by atoms with Gasteiger partial charge in [0.05, 0.1) is 26.7 Å². The van der Waals surface area contributed by atoms with Crippen LogP contribution >= 0.6 is 23.2 Å². The number of aliphatic hydroxyl groups excluding tert-OH is 1. The van der Waals surface area contributed by atoms with Gasteiger partial charge in [0.2, 0.25) is 0 Å². The maximum absolute atomic E-state index is 15.4. The van der Waals surface area contributed by atoms with Gasteiger partial charge in [-0.2, -0.15) is 0 Å². The highest BCUT2D eigenvalue weighted by Gasteiger charge is 2.34. The summed E-state index contributed by atoms with van der Waals surface area (Å²) in [5.74, 6) is -1.29. The van der Waals surface area contributed by atoms with Gasteiger partial charge < -0.3 is 9.84 Å². The summed E-state index contributed by atoms with van der Waals surface area (Å²) in [6.07, 6.45) is 1.07. The first kappa shape index (κ1) is 27.6. The first-order valence-electron chi connectivity index (χ1n) is 12.2. The molecule has 1 saturated carbocycles. The van der Waals surface area contributed by atoms with Crippen LogP contribution in [0.2, 0.25) is 10.2 Å². The Morgan fingerprint density at radius 2 is 1.82 bits per heavy atom. The molecule has 4 aromatic rings. The van der Waals surface area contributed by atoms with Crippen molar-refractivity contribution in [2.45, 2.75) is 56.1 Å². The molecule has 204 valence electrons. The molecule has 1 aliphatic rings. The van der Waals surface area contributed by atoms with Crippen molar-refractivity contribution in [3.8, 4) is 0 Å². The van der Waals surface area contributed by atoms with Crippen LogP contribution in [0.15, 0.2) is 59.6 Å². The van der Waals surface area contributed by atoms with E-state index in [4.69, 9.17) is 27.9 Å². The minimum atomic E-state index is -4.33. The lowest BCUT2D eigenvalue weighted by molar-refractivity contribution is 0.00690. The molecule has 0 radical (unpaired) electrons. The number of pyridine rings is 1. The van der Waals surface area contributed by atoms with Crippen LogP contribution in [0.1, 0.15) is 72.8 Å². The molecule has 39 heavy (non-hydrogen) atoms. The van der Waals surface area contributed by atoms with Crippen molar-refractivity contribution in [3.05, 3.63) is 93.1 Å². The fourth-order valence-electron chi connectivity index (χ4n) is 4.43. The van der Waals surface area contributed by atoms with Crippen LogP contribution in [0, 0.1) is 5.82 Å². The van der Waals surface area contributed by atoms with Crippen LogP contribution < -0.4 is 0 Å². The summed E-state index contributed by atoms with van der Waals surface area (Å²) in [6, 6.07) is 11.9. The molecule has 0 spiro atoms. The molecule has 5 rings (SSSR count). The molecule has 0 amide bonds. The maximum atomic E-state index is 15.4. The zero-order chi connectivity index (χ0) is 28.3. The second kappa shape index (κ2) is 9.89. The molecule has 2 heterocycles. The van der Waals surface area contributed by atoms with Crippen LogP contribution in [-0.2, 0) is 14.8 Å². The molecule has 1 fully saturated rings. The monoisotopic (exact) mass is 590 g/mol. The normalized spacial score (nSPS) is 14.9. The van der Waals surface area contributed by atoms with E-state index in [9.17, 15) is 18.3 Å². The zero-order valence-corrected chi connectivity index (χ0v) is 23.6. The summed E-state index contributed by atoms with van der Waals surface area (Å²) in [6.45, 7) is 5.03. The molecule has 7 nitrogen and oxygen atoms in total. The third-order valence-electron chi connectivity index (χ3n) is 6.38. The van der Waals surface area contributed by atoms with Gasteiger partial charge >= 0.3 is 5.97 Å². The number of esters is 1. The van der Waals surface area contributed by atoms with E-state index >= 15 is 4.39 Å². The lowest BCUT2D eigenvalue weighted by Gasteiger charge is -2.22. The highest BCUT2D eigenvalue weighted by Crippen LogP contribution is 2.44. The summed E-state index contributed by atoms with van der Waals surface area (Å²) in [5.41, 5.74) is -0.692. The smallest absolute Gasteiger partial charge is 0.341 e. The van der Waals surface area contributed by atoms with Gasteiger partial charge in [-0.05, 0) is 75.4 Å². The lowest BCUT2D eigenvalue weighted by atomic mass is 10.1. The van der Waals surface area contributed by atoms with Crippen molar-refractivity contribution in [1.29, 1.82) is 0 Å². The number of benzene rings is 2. The molecule has 2 aromatic carbocycles. The van der Waals surface area contributed by atoms with Crippen molar-refractivity contribution < 1.29 is 27.4 Å². The van der Waals surface area contributed by atoms with Gasteiger partial charge in [0.15, 0.2) is 0 Å².